The van der Waals surface area contributed by atoms with E-state index in [1.54, 1.807) is 6.08 Å². The summed E-state index contributed by atoms with van der Waals surface area (Å²) in [5, 5.41) is 0. The molecule has 2 N–H and O–H groups in total. The normalized spacial score (nSPS) is 12.1. The molecule has 0 aromatic heterocycles. The van der Waals surface area contributed by atoms with E-state index < -0.39 is 0 Å². The summed E-state index contributed by atoms with van der Waals surface area (Å²) in [4.78, 5) is 0. The number of ether oxygens (including phenoxy) is 1. The van der Waals surface area contributed by atoms with Gasteiger partial charge in [-0.3, -0.25) is 0 Å². The van der Waals surface area contributed by atoms with Gasteiger partial charge in [-0.05, 0) is 37.6 Å². The van der Waals surface area contributed by atoms with Gasteiger partial charge in [0.25, 0.3) is 0 Å². The number of nitrogens with two attached hydrogens (primary N) is 1. The molecule has 2 nitrogen and oxygen atoms in total. The first-order valence-corrected chi connectivity index (χ1v) is 4.84. The minimum Gasteiger partial charge on any atom is -0.487 e. The van der Waals surface area contributed by atoms with Gasteiger partial charge in [0.15, 0.2) is 0 Å². The first kappa shape index (κ1) is 10.8. The fourth-order valence-corrected chi connectivity index (χ4v) is 1.16. The molecule has 0 fully saturated rings. The molecular formula is C12H17NO. The Bertz CT molecular complexity index is 279. The summed E-state index contributed by atoms with van der Waals surface area (Å²) in [5.74, 6) is 0.873. The maximum Gasteiger partial charge on any atom is 0.120 e. The number of benzene rings is 1. The summed E-state index contributed by atoms with van der Waals surface area (Å²) < 4.78 is 5.55. The van der Waals surface area contributed by atoms with Crippen molar-refractivity contribution in [1.82, 2.24) is 0 Å². The smallest absolute Gasteiger partial charge is 0.120 e. The summed E-state index contributed by atoms with van der Waals surface area (Å²) in [5.41, 5.74) is 6.70. The molecule has 1 aromatic carbocycles. The summed E-state index contributed by atoms with van der Waals surface area (Å²) in [7, 11) is 0. The van der Waals surface area contributed by atoms with Gasteiger partial charge in [0, 0.05) is 0 Å². The van der Waals surface area contributed by atoms with Crippen molar-refractivity contribution in [1.29, 1.82) is 0 Å². The van der Waals surface area contributed by atoms with Gasteiger partial charge in [0.1, 0.15) is 11.9 Å². The molecule has 0 aliphatic rings. The molecule has 0 spiro atoms. The van der Waals surface area contributed by atoms with Gasteiger partial charge in [-0.15, -0.1) is 0 Å². The van der Waals surface area contributed by atoms with Gasteiger partial charge >= 0.3 is 0 Å². The lowest BCUT2D eigenvalue weighted by Crippen LogP contribution is -2.07. The van der Waals surface area contributed by atoms with Gasteiger partial charge in [-0.1, -0.05) is 24.8 Å². The highest BCUT2D eigenvalue weighted by molar-refractivity contribution is 5.27. The molecule has 1 unspecified atom stereocenters. The third-order valence-corrected chi connectivity index (χ3v) is 2.01. The molecule has 0 radical (unpaired) electrons. The van der Waals surface area contributed by atoms with Crippen molar-refractivity contribution >= 4 is 0 Å². The predicted octanol–water partition coefficient (Wildman–Crippen LogP) is 2.14. The lowest BCUT2D eigenvalue weighted by Gasteiger charge is -2.10. The van der Waals surface area contributed by atoms with Crippen LogP contribution in [0.2, 0.25) is 0 Å². The molecule has 2 heteroatoms. The van der Waals surface area contributed by atoms with Crippen molar-refractivity contribution in [3.8, 4) is 5.75 Å². The summed E-state index contributed by atoms with van der Waals surface area (Å²) in [6, 6.07) is 8.01. The van der Waals surface area contributed by atoms with Gasteiger partial charge in [0.05, 0.1) is 0 Å². The van der Waals surface area contributed by atoms with Crippen LogP contribution in [0.25, 0.3) is 0 Å². The zero-order valence-corrected chi connectivity index (χ0v) is 8.57. The van der Waals surface area contributed by atoms with Crippen LogP contribution in [-0.4, -0.2) is 12.6 Å². The maximum absolute atomic E-state index is 5.55. The van der Waals surface area contributed by atoms with Crippen LogP contribution in [0.3, 0.4) is 0 Å². The molecule has 1 rings (SSSR count). The number of hydrogen-bond acceptors (Lipinski definition) is 2. The molecule has 1 atom stereocenters. The van der Waals surface area contributed by atoms with Gasteiger partial charge in [-0.2, -0.15) is 0 Å². The molecule has 0 heterocycles. The zero-order chi connectivity index (χ0) is 10.4. The molecule has 0 bridgehead atoms. The van der Waals surface area contributed by atoms with Crippen molar-refractivity contribution in [2.24, 2.45) is 5.73 Å². The van der Waals surface area contributed by atoms with E-state index in [9.17, 15) is 0 Å². The highest BCUT2D eigenvalue weighted by Gasteiger charge is 1.98. The standard InChI is InChI=1S/C12H17NO/c1-3-10(2)14-12-6-4-11(5-7-12)8-9-13/h3-7,10H,1,8-9,13H2,2H3. The van der Waals surface area contributed by atoms with Crippen LogP contribution in [0.1, 0.15) is 12.5 Å². The van der Waals surface area contributed by atoms with E-state index in [0.717, 1.165) is 12.2 Å². The molecule has 0 saturated heterocycles. The molecule has 14 heavy (non-hydrogen) atoms. The van der Waals surface area contributed by atoms with Crippen LogP contribution in [0.15, 0.2) is 36.9 Å². The van der Waals surface area contributed by atoms with Crippen LogP contribution < -0.4 is 10.5 Å². The fourth-order valence-electron chi connectivity index (χ4n) is 1.16. The Labute approximate surface area is 85.4 Å². The SMILES string of the molecule is C=CC(C)Oc1ccc(CCN)cc1. The Morgan fingerprint density at radius 1 is 1.43 bits per heavy atom. The maximum atomic E-state index is 5.55. The van der Waals surface area contributed by atoms with Crippen LogP contribution in [0.5, 0.6) is 5.75 Å². The third kappa shape index (κ3) is 3.23. The number of rotatable bonds is 5. The van der Waals surface area contributed by atoms with E-state index in [-0.39, 0.29) is 6.10 Å². The summed E-state index contributed by atoms with van der Waals surface area (Å²) in [6.07, 6.45) is 2.74. The molecule has 0 aliphatic heterocycles. The second-order valence-electron chi connectivity index (χ2n) is 3.24. The van der Waals surface area contributed by atoms with Crippen molar-refractivity contribution in [3.05, 3.63) is 42.5 Å². The van der Waals surface area contributed by atoms with E-state index >= 15 is 0 Å². The highest BCUT2D eigenvalue weighted by Crippen LogP contribution is 2.14. The Morgan fingerprint density at radius 2 is 2.07 bits per heavy atom. The first-order chi connectivity index (χ1) is 6.76. The Hall–Kier alpha value is -1.28. The van der Waals surface area contributed by atoms with Crippen molar-refractivity contribution < 1.29 is 4.74 Å². The summed E-state index contributed by atoms with van der Waals surface area (Å²) >= 11 is 0. The fraction of sp³-hybridized carbons (Fsp3) is 0.333. The minimum atomic E-state index is 0.0513. The van der Waals surface area contributed by atoms with Crippen molar-refractivity contribution in [2.75, 3.05) is 6.54 Å². The number of hydrogen-bond donors (Lipinski definition) is 1. The van der Waals surface area contributed by atoms with Gasteiger partial charge in [0.2, 0.25) is 0 Å². The largest absolute Gasteiger partial charge is 0.487 e. The van der Waals surface area contributed by atoms with Crippen molar-refractivity contribution in [3.63, 3.8) is 0 Å². The van der Waals surface area contributed by atoms with Gasteiger partial charge < -0.3 is 10.5 Å². The van der Waals surface area contributed by atoms with Crippen LogP contribution in [-0.2, 0) is 6.42 Å². The van der Waals surface area contributed by atoms with Crippen LogP contribution >= 0.6 is 0 Å². The molecular weight excluding hydrogens is 174 g/mol. The van der Waals surface area contributed by atoms with E-state index in [0.29, 0.717) is 6.54 Å². The van der Waals surface area contributed by atoms with Crippen LogP contribution in [0, 0.1) is 0 Å². The quantitative estimate of drug-likeness (QED) is 0.724. The lowest BCUT2D eigenvalue weighted by atomic mass is 10.1. The monoisotopic (exact) mass is 191 g/mol. The van der Waals surface area contributed by atoms with Crippen LogP contribution in [0.4, 0.5) is 0 Å². The lowest BCUT2D eigenvalue weighted by molar-refractivity contribution is 0.270. The Morgan fingerprint density at radius 3 is 2.57 bits per heavy atom. The average Bonchev–Trinajstić information content (AvgIpc) is 2.21. The Kier molecular flexibility index (Phi) is 4.20. The van der Waals surface area contributed by atoms with E-state index in [2.05, 4.69) is 6.58 Å². The molecule has 76 valence electrons. The third-order valence-electron chi connectivity index (χ3n) is 2.01. The Balaban J connectivity index is 2.59. The molecule has 0 aliphatic carbocycles. The zero-order valence-electron chi connectivity index (χ0n) is 8.57. The van der Waals surface area contributed by atoms with E-state index in [1.165, 1.54) is 5.56 Å². The summed E-state index contributed by atoms with van der Waals surface area (Å²) in [6.45, 7) is 6.31. The van der Waals surface area contributed by atoms with Crippen molar-refractivity contribution in [2.45, 2.75) is 19.4 Å². The highest BCUT2D eigenvalue weighted by atomic mass is 16.5. The molecule has 0 amide bonds. The topological polar surface area (TPSA) is 35.2 Å². The second kappa shape index (κ2) is 5.45. The first-order valence-electron chi connectivity index (χ1n) is 4.84. The molecule has 0 saturated carbocycles. The second-order valence-corrected chi connectivity index (χ2v) is 3.24. The predicted molar refractivity (Wildman–Crippen MR) is 59.5 cm³/mol. The van der Waals surface area contributed by atoms with Gasteiger partial charge in [-0.25, -0.2) is 0 Å². The van der Waals surface area contributed by atoms with E-state index in [4.69, 9.17) is 10.5 Å². The molecule has 1 aromatic rings. The average molecular weight is 191 g/mol. The minimum absolute atomic E-state index is 0.0513. The van der Waals surface area contributed by atoms with E-state index in [1.807, 2.05) is 31.2 Å².